The van der Waals surface area contributed by atoms with Crippen molar-refractivity contribution in [2.24, 2.45) is 0 Å². The third-order valence-corrected chi connectivity index (χ3v) is 5.47. The van der Waals surface area contributed by atoms with E-state index in [1.165, 1.54) is 18.3 Å². The average Bonchev–Trinajstić information content (AvgIpc) is 2.63. The van der Waals surface area contributed by atoms with Crippen molar-refractivity contribution in [2.45, 2.75) is 17.4 Å². The number of hydrogen-bond acceptors (Lipinski definition) is 3. The standard InChI is InChI=1S/C19H17ClN2O2S/c20-19-12-11-17(14-21-19)25(23,24)22-18(16-9-5-2-6-10-16)13-15-7-3-1-4-8-15/h1-12,14,18,22H,13H2. The smallest absolute Gasteiger partial charge is 0.242 e. The molecule has 0 spiro atoms. The summed E-state index contributed by atoms with van der Waals surface area (Å²) in [5.41, 5.74) is 1.95. The second-order valence-electron chi connectivity index (χ2n) is 5.59. The van der Waals surface area contributed by atoms with Crippen LogP contribution in [0.5, 0.6) is 0 Å². The van der Waals surface area contributed by atoms with Crippen LogP contribution in [0.1, 0.15) is 17.2 Å². The molecule has 0 radical (unpaired) electrons. The van der Waals surface area contributed by atoms with Crippen LogP contribution in [-0.4, -0.2) is 13.4 Å². The molecule has 1 heterocycles. The number of sulfonamides is 1. The van der Waals surface area contributed by atoms with Crippen LogP contribution in [0.25, 0.3) is 0 Å². The maximum atomic E-state index is 12.7. The molecule has 0 saturated carbocycles. The van der Waals surface area contributed by atoms with E-state index in [2.05, 4.69) is 9.71 Å². The highest BCUT2D eigenvalue weighted by Gasteiger charge is 2.22. The fraction of sp³-hybridized carbons (Fsp3) is 0.105. The van der Waals surface area contributed by atoms with Gasteiger partial charge >= 0.3 is 0 Å². The molecular weight excluding hydrogens is 356 g/mol. The number of hydrogen-bond donors (Lipinski definition) is 1. The molecule has 6 heteroatoms. The van der Waals surface area contributed by atoms with Gasteiger partial charge in [-0.3, -0.25) is 0 Å². The number of aromatic nitrogens is 1. The molecule has 1 N–H and O–H groups in total. The Balaban J connectivity index is 1.90. The molecule has 4 nitrogen and oxygen atoms in total. The number of halogens is 1. The van der Waals surface area contributed by atoms with Gasteiger partial charge in [-0.05, 0) is 29.7 Å². The molecule has 1 unspecified atom stereocenters. The lowest BCUT2D eigenvalue weighted by molar-refractivity contribution is 0.554. The summed E-state index contributed by atoms with van der Waals surface area (Å²) in [7, 11) is -3.72. The first kappa shape index (κ1) is 17.6. The minimum atomic E-state index is -3.72. The quantitative estimate of drug-likeness (QED) is 0.665. The van der Waals surface area contributed by atoms with Gasteiger partial charge in [-0.1, -0.05) is 72.3 Å². The van der Waals surface area contributed by atoms with E-state index >= 15 is 0 Å². The molecule has 1 aromatic heterocycles. The Bertz CT molecular complexity index is 915. The van der Waals surface area contributed by atoms with E-state index in [1.54, 1.807) is 0 Å². The first-order chi connectivity index (χ1) is 12.0. The molecule has 0 amide bonds. The van der Waals surface area contributed by atoms with Crippen molar-refractivity contribution in [1.29, 1.82) is 0 Å². The van der Waals surface area contributed by atoms with Gasteiger partial charge in [0.25, 0.3) is 0 Å². The Morgan fingerprint density at radius 2 is 1.56 bits per heavy atom. The topological polar surface area (TPSA) is 59.1 Å². The maximum Gasteiger partial charge on any atom is 0.242 e. The van der Waals surface area contributed by atoms with Crippen LogP contribution in [0.2, 0.25) is 5.15 Å². The Morgan fingerprint density at radius 1 is 0.920 bits per heavy atom. The largest absolute Gasteiger partial charge is 0.243 e. The number of rotatable bonds is 6. The van der Waals surface area contributed by atoms with Gasteiger partial charge in [-0.15, -0.1) is 0 Å². The molecule has 0 bridgehead atoms. The molecule has 0 saturated heterocycles. The lowest BCUT2D eigenvalue weighted by Gasteiger charge is -2.19. The predicted octanol–water partition coefficient (Wildman–Crippen LogP) is 4.00. The summed E-state index contributed by atoms with van der Waals surface area (Å²) >= 11 is 5.74. The summed E-state index contributed by atoms with van der Waals surface area (Å²) in [5, 5.41) is 0.253. The SMILES string of the molecule is O=S(=O)(NC(Cc1ccccc1)c1ccccc1)c1ccc(Cl)nc1. The number of pyridine rings is 1. The monoisotopic (exact) mass is 372 g/mol. The normalized spacial score (nSPS) is 12.7. The Hall–Kier alpha value is -2.21. The van der Waals surface area contributed by atoms with Crippen LogP contribution < -0.4 is 4.72 Å². The van der Waals surface area contributed by atoms with Gasteiger partial charge in [0.2, 0.25) is 10.0 Å². The fourth-order valence-corrected chi connectivity index (χ4v) is 3.82. The van der Waals surface area contributed by atoms with Crippen LogP contribution >= 0.6 is 11.6 Å². The van der Waals surface area contributed by atoms with Crippen molar-refractivity contribution in [3.63, 3.8) is 0 Å². The fourth-order valence-electron chi connectivity index (χ4n) is 2.54. The van der Waals surface area contributed by atoms with Gasteiger partial charge in [-0.25, -0.2) is 18.1 Å². The summed E-state index contributed by atoms with van der Waals surface area (Å²) in [5.74, 6) is 0. The zero-order valence-corrected chi connectivity index (χ0v) is 14.9. The zero-order chi connectivity index (χ0) is 17.7. The molecule has 0 aliphatic heterocycles. The summed E-state index contributed by atoms with van der Waals surface area (Å²) in [6, 6.07) is 21.8. The summed E-state index contributed by atoms with van der Waals surface area (Å²) in [6.45, 7) is 0. The zero-order valence-electron chi connectivity index (χ0n) is 13.3. The molecule has 1 atom stereocenters. The highest BCUT2D eigenvalue weighted by Crippen LogP contribution is 2.21. The van der Waals surface area contributed by atoms with Crippen molar-refractivity contribution < 1.29 is 8.42 Å². The first-order valence-corrected chi connectivity index (χ1v) is 9.63. The van der Waals surface area contributed by atoms with E-state index in [1.807, 2.05) is 60.7 Å². The number of benzene rings is 2. The Morgan fingerprint density at radius 3 is 2.16 bits per heavy atom. The van der Waals surface area contributed by atoms with Gasteiger partial charge < -0.3 is 0 Å². The Kier molecular flexibility index (Phi) is 5.48. The van der Waals surface area contributed by atoms with Crippen molar-refractivity contribution in [1.82, 2.24) is 9.71 Å². The molecule has 25 heavy (non-hydrogen) atoms. The van der Waals surface area contributed by atoms with Crippen LogP contribution in [-0.2, 0) is 16.4 Å². The maximum absolute atomic E-state index is 12.7. The van der Waals surface area contributed by atoms with Gasteiger partial charge in [0.15, 0.2) is 0 Å². The van der Waals surface area contributed by atoms with Crippen LogP contribution in [0.15, 0.2) is 83.9 Å². The highest BCUT2D eigenvalue weighted by atomic mass is 35.5. The third kappa shape index (κ3) is 4.66. The van der Waals surface area contributed by atoms with E-state index in [-0.39, 0.29) is 16.1 Å². The minimum Gasteiger partial charge on any atom is -0.243 e. The molecule has 3 aromatic rings. The van der Waals surface area contributed by atoms with Gasteiger partial charge in [0.05, 0.1) is 6.04 Å². The molecular formula is C19H17ClN2O2S. The molecule has 2 aromatic carbocycles. The molecule has 3 rings (SSSR count). The third-order valence-electron chi connectivity index (χ3n) is 3.79. The van der Waals surface area contributed by atoms with E-state index in [4.69, 9.17) is 11.6 Å². The van der Waals surface area contributed by atoms with E-state index < -0.39 is 10.0 Å². The van der Waals surface area contributed by atoms with Crippen molar-refractivity contribution in [3.05, 3.63) is 95.3 Å². The van der Waals surface area contributed by atoms with Gasteiger partial charge in [0, 0.05) is 6.20 Å². The van der Waals surface area contributed by atoms with Gasteiger partial charge in [0.1, 0.15) is 10.0 Å². The molecule has 0 aliphatic carbocycles. The predicted molar refractivity (Wildman–Crippen MR) is 98.9 cm³/mol. The second-order valence-corrected chi connectivity index (χ2v) is 7.69. The lowest BCUT2D eigenvalue weighted by atomic mass is 10.00. The molecule has 128 valence electrons. The van der Waals surface area contributed by atoms with E-state index in [0.29, 0.717) is 6.42 Å². The number of nitrogens with one attached hydrogen (secondary N) is 1. The lowest BCUT2D eigenvalue weighted by Crippen LogP contribution is -2.30. The van der Waals surface area contributed by atoms with Crippen LogP contribution in [0.4, 0.5) is 0 Å². The van der Waals surface area contributed by atoms with E-state index in [9.17, 15) is 8.42 Å². The van der Waals surface area contributed by atoms with Crippen molar-refractivity contribution in [2.75, 3.05) is 0 Å². The molecule has 0 fully saturated rings. The minimum absolute atomic E-state index is 0.0888. The van der Waals surface area contributed by atoms with Gasteiger partial charge in [-0.2, -0.15) is 0 Å². The first-order valence-electron chi connectivity index (χ1n) is 7.77. The summed E-state index contributed by atoms with van der Waals surface area (Å²) in [6.07, 6.45) is 1.81. The van der Waals surface area contributed by atoms with E-state index in [0.717, 1.165) is 11.1 Å². The van der Waals surface area contributed by atoms with Crippen LogP contribution in [0.3, 0.4) is 0 Å². The highest BCUT2D eigenvalue weighted by molar-refractivity contribution is 7.89. The average molecular weight is 373 g/mol. The number of nitrogens with zero attached hydrogens (tertiary/aromatic N) is 1. The van der Waals surface area contributed by atoms with Crippen molar-refractivity contribution >= 4 is 21.6 Å². The summed E-state index contributed by atoms with van der Waals surface area (Å²) < 4.78 is 28.2. The Labute approximate surface area is 152 Å². The summed E-state index contributed by atoms with van der Waals surface area (Å²) in [4.78, 5) is 3.94. The second kappa shape index (κ2) is 7.78. The van der Waals surface area contributed by atoms with Crippen LogP contribution in [0, 0.1) is 0 Å². The molecule has 0 aliphatic rings. The van der Waals surface area contributed by atoms with Crippen molar-refractivity contribution in [3.8, 4) is 0 Å².